The number of hydrogen-bond donors (Lipinski definition) is 1. The van der Waals surface area contributed by atoms with Crippen molar-refractivity contribution >= 4 is 5.91 Å². The number of amides is 1. The zero-order valence-corrected chi connectivity index (χ0v) is 12.7. The first-order valence-corrected chi connectivity index (χ1v) is 6.95. The van der Waals surface area contributed by atoms with Crippen molar-refractivity contribution in [1.82, 2.24) is 15.4 Å². The lowest BCUT2D eigenvalue weighted by Gasteiger charge is -2.14. The Hall–Kier alpha value is -2.14. The number of benzene rings is 1. The van der Waals surface area contributed by atoms with Gasteiger partial charge < -0.3 is 14.7 Å². The smallest absolute Gasteiger partial charge is 0.227 e. The number of nitrogens with zero attached hydrogens (tertiary/aromatic N) is 2. The predicted molar refractivity (Wildman–Crippen MR) is 80.6 cm³/mol. The van der Waals surface area contributed by atoms with Gasteiger partial charge >= 0.3 is 0 Å². The molecular weight excluding hydrogens is 266 g/mol. The highest BCUT2D eigenvalue weighted by Gasteiger charge is 2.09. The summed E-state index contributed by atoms with van der Waals surface area (Å²) in [5, 5.41) is 6.70. The van der Waals surface area contributed by atoms with Crippen LogP contribution >= 0.6 is 0 Å². The second-order valence-corrected chi connectivity index (χ2v) is 5.39. The van der Waals surface area contributed by atoms with Crippen molar-refractivity contribution in [2.24, 2.45) is 0 Å². The molecule has 0 aliphatic heterocycles. The Labute approximate surface area is 124 Å². The summed E-state index contributed by atoms with van der Waals surface area (Å²) in [5.41, 5.74) is 3.14. The maximum absolute atomic E-state index is 11.9. The van der Waals surface area contributed by atoms with Crippen LogP contribution in [-0.2, 0) is 24.3 Å². The molecule has 1 aromatic heterocycles. The third-order valence-corrected chi connectivity index (χ3v) is 3.09. The summed E-state index contributed by atoms with van der Waals surface area (Å²) in [6.45, 7) is 3.21. The number of rotatable bonds is 6. The number of aryl methyl sites for hydroxylation is 1. The van der Waals surface area contributed by atoms with E-state index in [1.165, 1.54) is 5.56 Å². The molecule has 0 aliphatic rings. The second kappa shape index (κ2) is 7.04. The molecule has 0 saturated heterocycles. The summed E-state index contributed by atoms with van der Waals surface area (Å²) >= 11 is 0. The van der Waals surface area contributed by atoms with Crippen LogP contribution in [-0.4, -0.2) is 30.1 Å². The van der Waals surface area contributed by atoms with Crippen LogP contribution in [0, 0.1) is 6.92 Å². The molecule has 1 aromatic carbocycles. The fourth-order valence-corrected chi connectivity index (χ4v) is 2.14. The van der Waals surface area contributed by atoms with E-state index in [0.717, 1.165) is 17.8 Å². The van der Waals surface area contributed by atoms with E-state index in [0.29, 0.717) is 12.3 Å². The Morgan fingerprint density at radius 2 is 2.00 bits per heavy atom. The van der Waals surface area contributed by atoms with Gasteiger partial charge in [-0.15, -0.1) is 0 Å². The molecule has 0 aliphatic carbocycles. The van der Waals surface area contributed by atoms with Gasteiger partial charge in [-0.05, 0) is 32.1 Å². The first-order valence-electron chi connectivity index (χ1n) is 6.95. The van der Waals surface area contributed by atoms with Crippen LogP contribution in [0.3, 0.4) is 0 Å². The molecule has 0 bridgehead atoms. The largest absolute Gasteiger partial charge is 0.361 e. The maximum atomic E-state index is 11.9. The Morgan fingerprint density at radius 3 is 2.62 bits per heavy atom. The lowest BCUT2D eigenvalue weighted by Crippen LogP contribution is -2.25. The van der Waals surface area contributed by atoms with Crippen LogP contribution in [0.1, 0.15) is 22.6 Å². The topological polar surface area (TPSA) is 58.4 Å². The molecule has 0 saturated carbocycles. The lowest BCUT2D eigenvalue weighted by atomic mass is 10.1. The molecule has 1 amide bonds. The van der Waals surface area contributed by atoms with E-state index in [2.05, 4.69) is 21.4 Å². The van der Waals surface area contributed by atoms with Crippen LogP contribution < -0.4 is 5.32 Å². The van der Waals surface area contributed by atoms with Crippen molar-refractivity contribution in [2.45, 2.75) is 26.4 Å². The van der Waals surface area contributed by atoms with Crippen molar-refractivity contribution in [1.29, 1.82) is 0 Å². The maximum Gasteiger partial charge on any atom is 0.227 e. The first kappa shape index (κ1) is 15.3. The summed E-state index contributed by atoms with van der Waals surface area (Å²) in [6, 6.07) is 9.90. The molecule has 0 fully saturated rings. The summed E-state index contributed by atoms with van der Waals surface area (Å²) in [6.07, 6.45) is 0.219. The summed E-state index contributed by atoms with van der Waals surface area (Å²) in [5.74, 6) is 0.525. The fourth-order valence-electron chi connectivity index (χ4n) is 2.14. The van der Waals surface area contributed by atoms with E-state index < -0.39 is 0 Å². The Bertz CT molecular complexity index is 605. The van der Waals surface area contributed by atoms with E-state index in [9.17, 15) is 4.79 Å². The average Bonchev–Trinajstić information content (AvgIpc) is 2.82. The van der Waals surface area contributed by atoms with Crippen LogP contribution in [0.5, 0.6) is 0 Å². The zero-order valence-electron chi connectivity index (χ0n) is 12.7. The van der Waals surface area contributed by atoms with Gasteiger partial charge in [-0.2, -0.15) is 0 Å². The summed E-state index contributed by atoms with van der Waals surface area (Å²) < 4.78 is 5.05. The van der Waals surface area contributed by atoms with E-state index >= 15 is 0 Å². The van der Waals surface area contributed by atoms with Crippen molar-refractivity contribution < 1.29 is 9.32 Å². The van der Waals surface area contributed by atoms with Crippen molar-refractivity contribution in [3.63, 3.8) is 0 Å². The van der Waals surface area contributed by atoms with Gasteiger partial charge in [0.2, 0.25) is 5.91 Å². The van der Waals surface area contributed by atoms with E-state index in [1.807, 2.05) is 39.2 Å². The minimum absolute atomic E-state index is 0.0641. The highest BCUT2D eigenvalue weighted by molar-refractivity contribution is 5.77. The average molecular weight is 287 g/mol. The third kappa shape index (κ3) is 4.72. The number of nitrogens with one attached hydrogen (secondary N) is 1. The molecule has 0 unspecified atom stereocenters. The van der Waals surface area contributed by atoms with Gasteiger partial charge in [-0.25, -0.2) is 0 Å². The molecule has 1 N–H and O–H groups in total. The van der Waals surface area contributed by atoms with Crippen molar-refractivity contribution in [3.8, 4) is 0 Å². The summed E-state index contributed by atoms with van der Waals surface area (Å²) in [4.78, 5) is 14.0. The second-order valence-electron chi connectivity index (χ2n) is 5.39. The predicted octanol–water partition coefficient (Wildman–Crippen LogP) is 1.90. The highest BCUT2D eigenvalue weighted by Crippen LogP contribution is 2.10. The quantitative estimate of drug-likeness (QED) is 0.881. The Kier molecular flexibility index (Phi) is 5.11. The molecule has 5 nitrogen and oxygen atoms in total. The standard InChI is InChI=1S/C16H21N3O2/c1-12-8-15(21-18-12)9-16(20)17-10-13-6-4-5-7-14(13)11-19(2)3/h4-8H,9-11H2,1-3H3,(H,17,20). The van der Waals surface area contributed by atoms with Gasteiger partial charge in [0.05, 0.1) is 12.1 Å². The minimum Gasteiger partial charge on any atom is -0.361 e. The van der Waals surface area contributed by atoms with Crippen molar-refractivity contribution in [3.05, 3.63) is 52.9 Å². The van der Waals surface area contributed by atoms with E-state index in [1.54, 1.807) is 6.07 Å². The molecule has 5 heteroatoms. The van der Waals surface area contributed by atoms with Crippen LogP contribution in [0.2, 0.25) is 0 Å². The van der Waals surface area contributed by atoms with Crippen LogP contribution in [0.25, 0.3) is 0 Å². The summed E-state index contributed by atoms with van der Waals surface area (Å²) in [7, 11) is 4.06. The SMILES string of the molecule is Cc1cc(CC(=O)NCc2ccccc2CN(C)C)on1. The van der Waals surface area contributed by atoms with Crippen molar-refractivity contribution in [2.75, 3.05) is 14.1 Å². The highest BCUT2D eigenvalue weighted by atomic mass is 16.5. The molecule has 2 aromatic rings. The molecule has 0 spiro atoms. The fraction of sp³-hybridized carbons (Fsp3) is 0.375. The zero-order chi connectivity index (χ0) is 15.2. The van der Waals surface area contributed by atoms with Gasteiger partial charge in [0.25, 0.3) is 0 Å². The Balaban J connectivity index is 1.92. The number of carbonyl (C=O) groups is 1. The normalized spacial score (nSPS) is 10.9. The lowest BCUT2D eigenvalue weighted by molar-refractivity contribution is -0.120. The molecule has 0 radical (unpaired) electrons. The van der Waals surface area contributed by atoms with Gasteiger partial charge in [0.1, 0.15) is 5.76 Å². The molecule has 112 valence electrons. The molecule has 2 rings (SSSR count). The third-order valence-electron chi connectivity index (χ3n) is 3.09. The monoisotopic (exact) mass is 287 g/mol. The molecule has 1 heterocycles. The molecule has 0 atom stereocenters. The number of carbonyl (C=O) groups excluding carboxylic acids is 1. The number of aromatic nitrogens is 1. The Morgan fingerprint density at radius 1 is 1.29 bits per heavy atom. The van der Waals surface area contributed by atoms with Gasteiger partial charge in [-0.1, -0.05) is 29.4 Å². The van der Waals surface area contributed by atoms with E-state index in [4.69, 9.17) is 4.52 Å². The number of hydrogen-bond acceptors (Lipinski definition) is 4. The minimum atomic E-state index is -0.0641. The first-order chi connectivity index (χ1) is 10.0. The van der Waals surface area contributed by atoms with Gasteiger partial charge in [-0.3, -0.25) is 4.79 Å². The molecular formula is C16H21N3O2. The van der Waals surface area contributed by atoms with E-state index in [-0.39, 0.29) is 12.3 Å². The van der Waals surface area contributed by atoms with Crippen LogP contribution in [0.4, 0.5) is 0 Å². The van der Waals surface area contributed by atoms with Gasteiger partial charge in [0.15, 0.2) is 0 Å². The molecule has 21 heavy (non-hydrogen) atoms. The van der Waals surface area contributed by atoms with Gasteiger partial charge in [0, 0.05) is 19.2 Å². The van der Waals surface area contributed by atoms with Crippen LogP contribution in [0.15, 0.2) is 34.9 Å².